The molecule has 4 nitrogen and oxygen atoms in total. The highest BCUT2D eigenvalue weighted by Crippen LogP contribution is 2.14. The van der Waals surface area contributed by atoms with Crippen molar-refractivity contribution in [2.45, 2.75) is 39.8 Å². The molecule has 0 aliphatic heterocycles. The Labute approximate surface area is 125 Å². The molecule has 0 saturated carbocycles. The van der Waals surface area contributed by atoms with Crippen molar-refractivity contribution in [3.05, 3.63) is 54.1 Å². The summed E-state index contributed by atoms with van der Waals surface area (Å²) in [4.78, 5) is 16.4. The molecule has 0 saturated heterocycles. The first-order valence-electron chi connectivity index (χ1n) is 7.29. The number of nitrogens with zero attached hydrogens (tertiary/aromatic N) is 2. The van der Waals surface area contributed by atoms with Crippen LogP contribution < -0.4 is 0 Å². The molecule has 1 aromatic heterocycles. The maximum absolute atomic E-state index is 12.1. The highest BCUT2D eigenvalue weighted by molar-refractivity contribution is 5.71. The fraction of sp³-hybridized carbons (Fsp3) is 0.412. The van der Waals surface area contributed by atoms with E-state index >= 15 is 0 Å². The molecule has 0 N–H and O–H groups in total. The van der Waals surface area contributed by atoms with Crippen LogP contribution in [0.15, 0.2) is 42.7 Å². The van der Waals surface area contributed by atoms with E-state index in [-0.39, 0.29) is 11.9 Å². The molecule has 1 unspecified atom stereocenters. The molecule has 0 radical (unpaired) electrons. The van der Waals surface area contributed by atoms with Gasteiger partial charge in [-0.05, 0) is 5.56 Å². The second kappa shape index (κ2) is 7.07. The Balaban J connectivity index is 1.89. The SMILES string of the molecule is CC(Cn1ccnc1C(C)C)C(=O)OCc1ccccc1. The number of ether oxygens (including phenoxy) is 1. The van der Waals surface area contributed by atoms with Gasteiger partial charge in [0.15, 0.2) is 0 Å². The number of aromatic nitrogens is 2. The normalized spacial score (nSPS) is 12.4. The van der Waals surface area contributed by atoms with Crippen LogP contribution in [-0.4, -0.2) is 15.5 Å². The van der Waals surface area contributed by atoms with Gasteiger partial charge in [-0.1, -0.05) is 51.1 Å². The van der Waals surface area contributed by atoms with E-state index in [0.717, 1.165) is 11.4 Å². The van der Waals surface area contributed by atoms with Crippen molar-refractivity contribution in [3.63, 3.8) is 0 Å². The molecule has 0 amide bonds. The number of benzene rings is 1. The van der Waals surface area contributed by atoms with E-state index in [1.165, 1.54) is 0 Å². The standard InChI is InChI=1S/C17H22N2O2/c1-13(2)16-18-9-10-19(16)11-14(3)17(20)21-12-15-7-5-4-6-8-15/h4-10,13-14H,11-12H2,1-3H3. The number of hydrogen-bond acceptors (Lipinski definition) is 3. The molecule has 0 aliphatic rings. The van der Waals surface area contributed by atoms with Crippen LogP contribution in [0.4, 0.5) is 0 Å². The minimum absolute atomic E-state index is 0.178. The highest BCUT2D eigenvalue weighted by atomic mass is 16.5. The van der Waals surface area contributed by atoms with Crippen LogP contribution in [0, 0.1) is 5.92 Å². The van der Waals surface area contributed by atoms with Crippen LogP contribution in [-0.2, 0) is 22.7 Å². The summed E-state index contributed by atoms with van der Waals surface area (Å²) in [5, 5.41) is 0. The lowest BCUT2D eigenvalue weighted by molar-refractivity contribution is -0.149. The van der Waals surface area contributed by atoms with Crippen molar-refractivity contribution < 1.29 is 9.53 Å². The third-order valence-electron chi connectivity index (χ3n) is 3.36. The van der Waals surface area contributed by atoms with E-state index in [0.29, 0.717) is 19.1 Å². The molecule has 21 heavy (non-hydrogen) atoms. The van der Waals surface area contributed by atoms with Crippen molar-refractivity contribution in [3.8, 4) is 0 Å². The molecule has 2 rings (SSSR count). The first-order chi connectivity index (χ1) is 10.1. The Kier molecular flexibility index (Phi) is 5.14. The summed E-state index contributed by atoms with van der Waals surface area (Å²) in [6.45, 7) is 7.00. The van der Waals surface area contributed by atoms with Gasteiger partial charge < -0.3 is 9.30 Å². The lowest BCUT2D eigenvalue weighted by Gasteiger charge is -2.15. The van der Waals surface area contributed by atoms with E-state index < -0.39 is 0 Å². The average Bonchev–Trinajstić information content (AvgIpc) is 2.94. The molecular weight excluding hydrogens is 264 g/mol. The molecule has 2 aromatic rings. The van der Waals surface area contributed by atoms with Gasteiger partial charge in [0.25, 0.3) is 0 Å². The highest BCUT2D eigenvalue weighted by Gasteiger charge is 2.17. The van der Waals surface area contributed by atoms with Gasteiger partial charge in [-0.25, -0.2) is 4.98 Å². The van der Waals surface area contributed by atoms with Gasteiger partial charge in [0.05, 0.1) is 5.92 Å². The van der Waals surface area contributed by atoms with E-state index in [1.807, 2.05) is 48.0 Å². The molecule has 1 atom stereocenters. The van der Waals surface area contributed by atoms with Crippen LogP contribution in [0.5, 0.6) is 0 Å². The van der Waals surface area contributed by atoms with Crippen LogP contribution in [0.25, 0.3) is 0 Å². The number of rotatable bonds is 6. The molecule has 1 aromatic carbocycles. The minimum Gasteiger partial charge on any atom is -0.461 e. The van der Waals surface area contributed by atoms with Crippen LogP contribution in [0.1, 0.15) is 38.1 Å². The number of carbonyl (C=O) groups is 1. The van der Waals surface area contributed by atoms with Gasteiger partial charge in [0.2, 0.25) is 0 Å². The van der Waals surface area contributed by atoms with Gasteiger partial charge in [0.1, 0.15) is 12.4 Å². The second-order valence-electron chi connectivity index (χ2n) is 5.59. The van der Waals surface area contributed by atoms with E-state index in [4.69, 9.17) is 4.74 Å². The monoisotopic (exact) mass is 286 g/mol. The van der Waals surface area contributed by atoms with Crippen molar-refractivity contribution in [1.29, 1.82) is 0 Å². The maximum atomic E-state index is 12.1. The largest absolute Gasteiger partial charge is 0.461 e. The lowest BCUT2D eigenvalue weighted by atomic mass is 10.1. The van der Waals surface area contributed by atoms with Gasteiger partial charge >= 0.3 is 5.97 Å². The number of hydrogen-bond donors (Lipinski definition) is 0. The first-order valence-corrected chi connectivity index (χ1v) is 7.29. The molecule has 1 heterocycles. The van der Waals surface area contributed by atoms with Crippen molar-refractivity contribution in [1.82, 2.24) is 9.55 Å². The second-order valence-corrected chi connectivity index (χ2v) is 5.59. The predicted molar refractivity (Wildman–Crippen MR) is 81.7 cm³/mol. The summed E-state index contributed by atoms with van der Waals surface area (Å²) >= 11 is 0. The van der Waals surface area contributed by atoms with Gasteiger partial charge in [0, 0.05) is 24.9 Å². The van der Waals surface area contributed by atoms with Crippen LogP contribution in [0.3, 0.4) is 0 Å². The number of carbonyl (C=O) groups excluding carboxylic acids is 1. The summed E-state index contributed by atoms with van der Waals surface area (Å²) in [6.07, 6.45) is 3.69. The molecular formula is C17H22N2O2. The van der Waals surface area contributed by atoms with Crippen molar-refractivity contribution in [2.24, 2.45) is 5.92 Å². The summed E-state index contributed by atoms with van der Waals surface area (Å²) in [7, 11) is 0. The smallest absolute Gasteiger partial charge is 0.310 e. The average molecular weight is 286 g/mol. The van der Waals surface area contributed by atoms with Gasteiger partial charge in [-0.2, -0.15) is 0 Å². The van der Waals surface area contributed by atoms with Crippen LogP contribution >= 0.6 is 0 Å². The predicted octanol–water partition coefficient (Wildman–Crippen LogP) is 3.39. The fourth-order valence-electron chi connectivity index (χ4n) is 2.22. The molecule has 0 aliphatic carbocycles. The van der Waals surface area contributed by atoms with Crippen molar-refractivity contribution >= 4 is 5.97 Å². The van der Waals surface area contributed by atoms with Crippen LogP contribution in [0.2, 0.25) is 0 Å². The summed E-state index contributed by atoms with van der Waals surface area (Å²) < 4.78 is 7.39. The summed E-state index contributed by atoms with van der Waals surface area (Å²) in [5.41, 5.74) is 1.00. The summed E-state index contributed by atoms with van der Waals surface area (Å²) in [6, 6.07) is 9.72. The van der Waals surface area contributed by atoms with Gasteiger partial charge in [-0.3, -0.25) is 4.79 Å². The van der Waals surface area contributed by atoms with E-state index in [1.54, 1.807) is 6.20 Å². The number of esters is 1. The first kappa shape index (κ1) is 15.3. The lowest BCUT2D eigenvalue weighted by Crippen LogP contribution is -2.21. The third kappa shape index (κ3) is 4.18. The molecule has 0 spiro atoms. The Morgan fingerprint density at radius 3 is 2.62 bits per heavy atom. The Morgan fingerprint density at radius 1 is 1.24 bits per heavy atom. The molecule has 0 fully saturated rings. The molecule has 4 heteroatoms. The molecule has 0 bridgehead atoms. The maximum Gasteiger partial charge on any atom is 0.310 e. The van der Waals surface area contributed by atoms with Crippen molar-refractivity contribution in [2.75, 3.05) is 0 Å². The zero-order valence-electron chi connectivity index (χ0n) is 12.8. The topological polar surface area (TPSA) is 44.1 Å². The third-order valence-corrected chi connectivity index (χ3v) is 3.36. The zero-order chi connectivity index (χ0) is 15.2. The Morgan fingerprint density at radius 2 is 1.95 bits per heavy atom. The van der Waals surface area contributed by atoms with Gasteiger partial charge in [-0.15, -0.1) is 0 Å². The number of imidazole rings is 1. The molecule has 112 valence electrons. The Bertz CT molecular complexity index is 575. The fourth-order valence-corrected chi connectivity index (χ4v) is 2.22. The van der Waals surface area contributed by atoms with E-state index in [2.05, 4.69) is 18.8 Å². The Hall–Kier alpha value is -2.10. The quantitative estimate of drug-likeness (QED) is 0.765. The summed E-state index contributed by atoms with van der Waals surface area (Å²) in [5.74, 6) is 0.966. The zero-order valence-corrected chi connectivity index (χ0v) is 12.8. The minimum atomic E-state index is -0.194. The van der Waals surface area contributed by atoms with E-state index in [9.17, 15) is 4.79 Å².